The van der Waals surface area contributed by atoms with Gasteiger partial charge in [-0.2, -0.15) is 26.3 Å². The number of alkyl halides is 6. The van der Waals surface area contributed by atoms with Crippen molar-refractivity contribution in [1.29, 1.82) is 0 Å². The highest BCUT2D eigenvalue weighted by molar-refractivity contribution is 5.62. The van der Waals surface area contributed by atoms with Crippen LogP contribution in [0.3, 0.4) is 0 Å². The molecule has 29 heavy (non-hydrogen) atoms. The summed E-state index contributed by atoms with van der Waals surface area (Å²) >= 11 is 0. The Morgan fingerprint density at radius 1 is 0.690 bits per heavy atom. The average molecular weight is 419 g/mol. The Morgan fingerprint density at radius 3 is 1.52 bits per heavy atom. The van der Waals surface area contributed by atoms with Crippen molar-refractivity contribution in [3.05, 3.63) is 60.7 Å². The first-order valence-corrected chi connectivity index (χ1v) is 9.52. The van der Waals surface area contributed by atoms with Crippen molar-refractivity contribution in [1.82, 2.24) is 5.32 Å². The van der Waals surface area contributed by atoms with Gasteiger partial charge in [-0.3, -0.25) is 5.32 Å². The van der Waals surface area contributed by atoms with E-state index < -0.39 is 24.3 Å². The second-order valence-corrected chi connectivity index (χ2v) is 6.65. The van der Waals surface area contributed by atoms with Gasteiger partial charge in [0, 0.05) is 6.42 Å². The molecule has 0 amide bonds. The van der Waals surface area contributed by atoms with Crippen LogP contribution in [-0.4, -0.2) is 24.9 Å². The van der Waals surface area contributed by atoms with Gasteiger partial charge in [0.25, 0.3) is 0 Å². The van der Waals surface area contributed by atoms with Crippen LogP contribution in [0.25, 0.3) is 11.1 Å². The molecule has 0 saturated heterocycles. The molecule has 0 radical (unpaired) electrons. The molecule has 0 aliphatic heterocycles. The Kier molecular flexibility index (Phi) is 9.70. The molecule has 0 saturated carbocycles. The number of hydrogen-bond donors (Lipinski definition) is 1. The Hall–Kier alpha value is -2.02. The Labute approximate surface area is 168 Å². The normalized spacial score (nSPS) is 12.3. The first-order valence-electron chi connectivity index (χ1n) is 9.52. The topological polar surface area (TPSA) is 12.0 Å². The molecule has 0 aliphatic carbocycles. The monoisotopic (exact) mass is 419 g/mol. The van der Waals surface area contributed by atoms with E-state index in [4.69, 9.17) is 0 Å². The lowest BCUT2D eigenvalue weighted by atomic mass is 10.0. The number of hydrogen-bond acceptors (Lipinski definition) is 1. The van der Waals surface area contributed by atoms with E-state index in [0.29, 0.717) is 19.9 Å². The molecule has 2 rings (SSSR count). The zero-order chi connectivity index (χ0) is 22.0. The highest BCUT2D eigenvalue weighted by Crippen LogP contribution is 2.46. The zero-order valence-electron chi connectivity index (χ0n) is 16.6. The maximum absolute atomic E-state index is 13.0. The smallest absolute Gasteiger partial charge is 0.256 e. The van der Waals surface area contributed by atoms with Gasteiger partial charge in [-0.05, 0) is 24.6 Å². The molecule has 2 aromatic carbocycles. The Bertz CT molecular complexity index is 651. The summed E-state index contributed by atoms with van der Waals surface area (Å²) in [5.41, 5.74) is 2.55. The summed E-state index contributed by atoms with van der Waals surface area (Å²) in [4.78, 5) is 0. The largest absolute Gasteiger partial charge is 0.386 e. The van der Waals surface area contributed by atoms with Crippen molar-refractivity contribution in [2.75, 3.05) is 7.05 Å². The molecule has 0 spiro atoms. The third-order valence-electron chi connectivity index (χ3n) is 4.39. The average Bonchev–Trinajstić information content (AvgIpc) is 2.73. The minimum Gasteiger partial charge on any atom is -0.256 e. The van der Waals surface area contributed by atoms with Crippen LogP contribution >= 0.6 is 0 Å². The fourth-order valence-corrected chi connectivity index (χ4v) is 2.58. The fourth-order valence-electron chi connectivity index (χ4n) is 2.58. The van der Waals surface area contributed by atoms with Gasteiger partial charge in [0.05, 0.1) is 0 Å². The van der Waals surface area contributed by atoms with Crippen LogP contribution in [-0.2, 0) is 0 Å². The molecule has 0 bridgehead atoms. The molecule has 0 heterocycles. The quantitative estimate of drug-likeness (QED) is 0.254. The lowest BCUT2D eigenvalue weighted by Crippen LogP contribution is -2.59. The number of unbranched alkanes of at least 4 members (excludes halogenated alkanes) is 3. The maximum atomic E-state index is 13.0. The summed E-state index contributed by atoms with van der Waals surface area (Å²) in [7, 11) is 0.515. The van der Waals surface area contributed by atoms with E-state index in [9.17, 15) is 26.3 Å². The molecule has 162 valence electrons. The molecule has 1 nitrogen and oxygen atoms in total. The van der Waals surface area contributed by atoms with E-state index in [0.717, 1.165) is 11.7 Å². The number of benzene rings is 2. The van der Waals surface area contributed by atoms with E-state index in [1.165, 1.54) is 11.1 Å². The third kappa shape index (κ3) is 7.07. The van der Waals surface area contributed by atoms with Gasteiger partial charge in [0.1, 0.15) is 0 Å². The molecule has 1 N–H and O–H groups in total. The van der Waals surface area contributed by atoms with Crippen molar-refractivity contribution in [3.8, 4) is 11.1 Å². The fraction of sp³-hybridized carbons (Fsp3) is 0.455. The SMILES string of the molecule is CCCCCCC(F)(F)C(F)(F)C(F)(F)NC.c1ccc(-c2ccccc2)cc1. The lowest BCUT2D eigenvalue weighted by molar-refractivity contribution is -0.319. The predicted octanol–water partition coefficient (Wildman–Crippen LogP) is 7.39. The molecule has 0 aliphatic rings. The van der Waals surface area contributed by atoms with E-state index in [1.807, 2.05) is 19.1 Å². The van der Waals surface area contributed by atoms with E-state index >= 15 is 0 Å². The minimum absolute atomic E-state index is 0.198. The molecule has 0 aromatic heterocycles. The van der Waals surface area contributed by atoms with Crippen molar-refractivity contribution in [2.45, 2.75) is 56.9 Å². The van der Waals surface area contributed by atoms with Crippen molar-refractivity contribution in [3.63, 3.8) is 0 Å². The van der Waals surface area contributed by atoms with E-state index in [2.05, 4.69) is 48.5 Å². The number of halogens is 6. The standard InChI is InChI=1S/C12H10.C10H17F6N/c1-3-7-11(8-4-1)12-9-5-2-6-10-12;1-3-4-5-6-7-8(11,12)9(13,14)10(15,16)17-2/h1-10H;17H,3-7H2,1-2H3. The van der Waals surface area contributed by atoms with Crippen LogP contribution in [0.5, 0.6) is 0 Å². The van der Waals surface area contributed by atoms with Gasteiger partial charge in [-0.15, -0.1) is 0 Å². The molecular formula is C22H27F6N. The third-order valence-corrected chi connectivity index (χ3v) is 4.39. The van der Waals surface area contributed by atoms with Crippen LogP contribution in [0.2, 0.25) is 0 Å². The summed E-state index contributed by atoms with van der Waals surface area (Å²) in [5, 5.41) is 0.926. The van der Waals surface area contributed by atoms with E-state index in [1.54, 1.807) is 0 Å². The molecule has 7 heteroatoms. The second kappa shape index (κ2) is 11.2. The predicted molar refractivity (Wildman–Crippen MR) is 105 cm³/mol. The summed E-state index contributed by atoms with van der Waals surface area (Å²) in [6.07, 6.45) is 0.250. The minimum atomic E-state index is -5.39. The Morgan fingerprint density at radius 2 is 1.14 bits per heavy atom. The molecule has 0 fully saturated rings. The van der Waals surface area contributed by atoms with Gasteiger partial charge >= 0.3 is 17.9 Å². The summed E-state index contributed by atoms with van der Waals surface area (Å²) < 4.78 is 77.3. The van der Waals surface area contributed by atoms with E-state index in [-0.39, 0.29) is 6.42 Å². The summed E-state index contributed by atoms with van der Waals surface area (Å²) in [6, 6.07) is 15.9. The van der Waals surface area contributed by atoms with Crippen LogP contribution in [0.15, 0.2) is 60.7 Å². The number of rotatable bonds is 9. The van der Waals surface area contributed by atoms with Crippen LogP contribution in [0.1, 0.15) is 39.0 Å². The van der Waals surface area contributed by atoms with Crippen molar-refractivity contribution < 1.29 is 26.3 Å². The summed E-state index contributed by atoms with van der Waals surface area (Å²) in [6.45, 7) is 1.82. The van der Waals surface area contributed by atoms with Gasteiger partial charge in [-0.25, -0.2) is 0 Å². The lowest BCUT2D eigenvalue weighted by Gasteiger charge is -2.32. The molecule has 0 atom stereocenters. The van der Waals surface area contributed by atoms with Crippen LogP contribution in [0, 0.1) is 0 Å². The summed E-state index contributed by atoms with van der Waals surface area (Å²) in [5.74, 6) is -10.1. The van der Waals surface area contributed by atoms with Crippen molar-refractivity contribution in [2.24, 2.45) is 0 Å². The zero-order valence-corrected chi connectivity index (χ0v) is 16.6. The van der Waals surface area contributed by atoms with Crippen LogP contribution < -0.4 is 5.32 Å². The van der Waals surface area contributed by atoms with Gasteiger partial charge < -0.3 is 0 Å². The Balaban J connectivity index is 0.000000304. The maximum Gasteiger partial charge on any atom is 0.386 e. The first kappa shape index (κ1) is 25.0. The molecular weight excluding hydrogens is 392 g/mol. The van der Waals surface area contributed by atoms with Gasteiger partial charge in [0.2, 0.25) is 0 Å². The highest BCUT2D eigenvalue weighted by Gasteiger charge is 2.70. The highest BCUT2D eigenvalue weighted by atomic mass is 19.3. The first-order chi connectivity index (χ1) is 13.6. The van der Waals surface area contributed by atoms with Gasteiger partial charge in [0.15, 0.2) is 0 Å². The van der Waals surface area contributed by atoms with Gasteiger partial charge in [-0.1, -0.05) is 86.8 Å². The molecule has 2 aromatic rings. The van der Waals surface area contributed by atoms with Crippen LogP contribution in [0.4, 0.5) is 26.3 Å². The second-order valence-electron chi connectivity index (χ2n) is 6.65. The molecule has 0 unspecified atom stereocenters. The van der Waals surface area contributed by atoms with Crippen molar-refractivity contribution >= 4 is 0 Å². The number of nitrogens with one attached hydrogen (secondary N) is 1.